The average Bonchev–Trinajstić information content (AvgIpc) is 2.80. The fourth-order valence-corrected chi connectivity index (χ4v) is 4.38. The molecule has 0 unspecified atom stereocenters. The van der Waals surface area contributed by atoms with Crippen molar-refractivity contribution >= 4 is 5.91 Å². The molecule has 2 saturated heterocycles. The number of amides is 1. The fourth-order valence-electron chi connectivity index (χ4n) is 4.38. The largest absolute Gasteiger partial charge is 0.368 e. The molecule has 28 heavy (non-hydrogen) atoms. The molecule has 0 bridgehead atoms. The number of hydrogen-bond acceptors (Lipinski definition) is 4. The Hall–Kier alpha value is -2.21. The number of nitrogens with zero attached hydrogens (tertiary/aromatic N) is 1. The summed E-state index contributed by atoms with van der Waals surface area (Å²) in [7, 11) is 0. The van der Waals surface area contributed by atoms with E-state index in [0.717, 1.165) is 18.4 Å². The maximum absolute atomic E-state index is 13.3. The highest BCUT2D eigenvalue weighted by atomic mass is 16.6. The minimum Gasteiger partial charge on any atom is -0.368 e. The Morgan fingerprint density at radius 1 is 0.964 bits per heavy atom. The average molecular weight is 380 g/mol. The quantitative estimate of drug-likeness (QED) is 0.886. The van der Waals surface area contributed by atoms with Gasteiger partial charge in [0.1, 0.15) is 6.10 Å². The lowest BCUT2D eigenvalue weighted by Crippen LogP contribution is -2.53. The topological polar surface area (TPSA) is 64.8 Å². The summed E-state index contributed by atoms with van der Waals surface area (Å²) in [5, 5.41) is 0. The molecule has 2 N–H and O–H groups in total. The molecule has 5 nitrogen and oxygen atoms in total. The summed E-state index contributed by atoms with van der Waals surface area (Å²) in [6.07, 6.45) is 0.794. The van der Waals surface area contributed by atoms with E-state index in [9.17, 15) is 4.79 Å². The summed E-state index contributed by atoms with van der Waals surface area (Å²) in [6.45, 7) is 2.92. The minimum atomic E-state index is -0.585. The predicted octanol–water partition coefficient (Wildman–Crippen LogP) is 2.66. The number of nitrogens with two attached hydrogens (primary N) is 1. The van der Waals surface area contributed by atoms with Crippen molar-refractivity contribution in [3.05, 3.63) is 71.8 Å². The fraction of sp³-hybridized carbons (Fsp3) is 0.435. The Morgan fingerprint density at radius 2 is 1.57 bits per heavy atom. The van der Waals surface area contributed by atoms with Gasteiger partial charge in [0.2, 0.25) is 0 Å². The van der Waals surface area contributed by atoms with Crippen LogP contribution in [0.4, 0.5) is 0 Å². The molecule has 2 aromatic rings. The number of benzene rings is 2. The van der Waals surface area contributed by atoms with E-state index >= 15 is 0 Å². The number of piperidine rings is 1. The van der Waals surface area contributed by atoms with Crippen LogP contribution in [0.2, 0.25) is 0 Å². The molecule has 2 heterocycles. The normalized spacial score (nSPS) is 24.7. The Bertz CT molecular complexity index is 773. The number of likely N-dealkylation sites (tertiary alicyclic amines) is 1. The lowest BCUT2D eigenvalue weighted by Gasteiger charge is -2.43. The van der Waals surface area contributed by atoms with Crippen LogP contribution in [0, 0.1) is 0 Å². The van der Waals surface area contributed by atoms with Crippen molar-refractivity contribution in [1.29, 1.82) is 0 Å². The van der Waals surface area contributed by atoms with Crippen LogP contribution in [-0.2, 0) is 19.7 Å². The van der Waals surface area contributed by atoms with Crippen LogP contribution in [0.25, 0.3) is 0 Å². The van der Waals surface area contributed by atoms with Crippen molar-refractivity contribution in [3.63, 3.8) is 0 Å². The Morgan fingerprint density at radius 3 is 2.21 bits per heavy atom. The van der Waals surface area contributed by atoms with E-state index in [2.05, 4.69) is 24.3 Å². The zero-order valence-electron chi connectivity index (χ0n) is 16.1. The number of rotatable bonds is 4. The molecule has 0 spiro atoms. The van der Waals surface area contributed by atoms with E-state index in [1.54, 1.807) is 0 Å². The molecule has 2 atom stereocenters. The van der Waals surface area contributed by atoms with Gasteiger partial charge in [0.15, 0.2) is 6.10 Å². The van der Waals surface area contributed by atoms with E-state index in [4.69, 9.17) is 15.2 Å². The van der Waals surface area contributed by atoms with Gasteiger partial charge in [0.05, 0.1) is 13.2 Å². The van der Waals surface area contributed by atoms with Crippen LogP contribution in [0.5, 0.6) is 0 Å². The summed E-state index contributed by atoms with van der Waals surface area (Å²) >= 11 is 0. The number of carbonyl (C=O) groups excluding carboxylic acids is 1. The second-order valence-electron chi connectivity index (χ2n) is 7.67. The highest BCUT2D eigenvalue weighted by molar-refractivity contribution is 5.82. The number of hydrogen-bond donors (Lipinski definition) is 1. The van der Waals surface area contributed by atoms with Crippen LogP contribution >= 0.6 is 0 Å². The molecule has 5 heteroatoms. The van der Waals surface area contributed by atoms with Gasteiger partial charge in [-0.2, -0.15) is 0 Å². The summed E-state index contributed by atoms with van der Waals surface area (Å²) < 4.78 is 11.8. The molecule has 2 aliphatic heterocycles. The van der Waals surface area contributed by atoms with E-state index in [0.29, 0.717) is 32.8 Å². The van der Waals surface area contributed by atoms with Crippen molar-refractivity contribution in [2.45, 2.75) is 30.5 Å². The zero-order chi connectivity index (χ0) is 19.4. The van der Waals surface area contributed by atoms with Gasteiger partial charge in [-0.3, -0.25) is 4.79 Å². The molecular weight excluding hydrogens is 352 g/mol. The van der Waals surface area contributed by atoms with Gasteiger partial charge in [-0.05, 0) is 24.0 Å². The summed E-state index contributed by atoms with van der Waals surface area (Å²) in [6, 6.07) is 20.3. The highest BCUT2D eigenvalue weighted by Gasteiger charge is 2.41. The first kappa shape index (κ1) is 19.1. The molecule has 1 amide bonds. The maximum Gasteiger partial charge on any atom is 0.254 e. The Labute approximate surface area is 166 Å². The standard InChI is InChI=1S/C23H28N2O3/c24-17-23(19-9-5-2-6-10-19)11-13-25(14-12-23)22(26)21-20(27-15-16-28-21)18-7-3-1-4-8-18/h1-10,20-21H,11-17,24H2/t20-,21-/m1/s1. The minimum absolute atomic E-state index is 0.0206. The lowest BCUT2D eigenvalue weighted by molar-refractivity contribution is -0.176. The molecule has 148 valence electrons. The van der Waals surface area contributed by atoms with Gasteiger partial charge in [0.25, 0.3) is 5.91 Å². The molecule has 2 aliphatic rings. The van der Waals surface area contributed by atoms with Crippen molar-refractivity contribution < 1.29 is 14.3 Å². The number of carbonyl (C=O) groups is 1. The van der Waals surface area contributed by atoms with Gasteiger partial charge in [-0.25, -0.2) is 0 Å². The van der Waals surface area contributed by atoms with Gasteiger partial charge in [-0.15, -0.1) is 0 Å². The Kier molecular flexibility index (Phi) is 5.76. The SMILES string of the molecule is NCC1(c2ccccc2)CCN(C(=O)[C@@H]2OCCO[C@@H]2c2ccccc2)CC1. The van der Waals surface area contributed by atoms with E-state index in [-0.39, 0.29) is 17.4 Å². The third-order valence-electron chi connectivity index (χ3n) is 6.13. The van der Waals surface area contributed by atoms with Crippen LogP contribution in [0.1, 0.15) is 30.1 Å². The van der Waals surface area contributed by atoms with E-state index in [1.807, 2.05) is 41.3 Å². The molecule has 2 fully saturated rings. The molecule has 0 saturated carbocycles. The first-order valence-corrected chi connectivity index (χ1v) is 10.1. The second kappa shape index (κ2) is 8.43. The third kappa shape index (κ3) is 3.70. The van der Waals surface area contributed by atoms with E-state index < -0.39 is 6.10 Å². The molecule has 0 radical (unpaired) electrons. The highest BCUT2D eigenvalue weighted by Crippen LogP contribution is 2.36. The zero-order valence-corrected chi connectivity index (χ0v) is 16.1. The lowest BCUT2D eigenvalue weighted by atomic mass is 9.73. The van der Waals surface area contributed by atoms with Crippen LogP contribution in [0.3, 0.4) is 0 Å². The second-order valence-corrected chi connectivity index (χ2v) is 7.67. The summed E-state index contributed by atoms with van der Waals surface area (Å²) in [5.74, 6) is 0.0206. The summed E-state index contributed by atoms with van der Waals surface area (Å²) in [5.41, 5.74) is 8.38. The van der Waals surface area contributed by atoms with Gasteiger partial charge in [0, 0.05) is 25.0 Å². The van der Waals surface area contributed by atoms with Crippen molar-refractivity contribution in [3.8, 4) is 0 Å². The van der Waals surface area contributed by atoms with Crippen molar-refractivity contribution in [2.75, 3.05) is 32.8 Å². The van der Waals surface area contributed by atoms with Crippen LogP contribution in [0.15, 0.2) is 60.7 Å². The molecular formula is C23H28N2O3. The van der Waals surface area contributed by atoms with Crippen molar-refractivity contribution in [2.24, 2.45) is 5.73 Å². The molecule has 0 aromatic heterocycles. The summed E-state index contributed by atoms with van der Waals surface area (Å²) in [4.78, 5) is 15.2. The molecule has 0 aliphatic carbocycles. The molecule has 2 aromatic carbocycles. The van der Waals surface area contributed by atoms with Gasteiger partial charge >= 0.3 is 0 Å². The Balaban J connectivity index is 1.47. The van der Waals surface area contributed by atoms with Gasteiger partial charge < -0.3 is 20.1 Å². The van der Waals surface area contributed by atoms with Crippen LogP contribution in [-0.4, -0.2) is 49.8 Å². The smallest absolute Gasteiger partial charge is 0.254 e. The van der Waals surface area contributed by atoms with E-state index in [1.165, 1.54) is 5.56 Å². The first-order valence-electron chi connectivity index (χ1n) is 10.1. The maximum atomic E-state index is 13.3. The third-order valence-corrected chi connectivity index (χ3v) is 6.13. The first-order chi connectivity index (χ1) is 13.7. The van der Waals surface area contributed by atoms with Crippen LogP contribution < -0.4 is 5.73 Å². The molecule has 4 rings (SSSR count). The van der Waals surface area contributed by atoms with Gasteiger partial charge in [-0.1, -0.05) is 60.7 Å². The monoisotopic (exact) mass is 380 g/mol. The predicted molar refractivity (Wildman–Crippen MR) is 108 cm³/mol. The number of ether oxygens (including phenoxy) is 2. The van der Waals surface area contributed by atoms with Crippen molar-refractivity contribution in [1.82, 2.24) is 4.90 Å².